The van der Waals surface area contributed by atoms with Crippen LogP contribution in [-0.2, 0) is 6.42 Å². The van der Waals surface area contributed by atoms with Crippen LogP contribution in [0.15, 0.2) is 36.4 Å². The summed E-state index contributed by atoms with van der Waals surface area (Å²) in [5, 5.41) is 3.32. The maximum Gasteiger partial charge on any atom is 0.129 e. The Balaban J connectivity index is 2.28. The van der Waals surface area contributed by atoms with Crippen molar-refractivity contribution in [2.24, 2.45) is 0 Å². The summed E-state index contributed by atoms with van der Waals surface area (Å²) in [7, 11) is 0. The lowest BCUT2D eigenvalue weighted by Crippen LogP contribution is -2.26. The van der Waals surface area contributed by atoms with Crippen molar-refractivity contribution in [1.29, 1.82) is 0 Å². The van der Waals surface area contributed by atoms with Crippen molar-refractivity contribution in [2.45, 2.75) is 32.7 Å². The molecule has 0 aliphatic carbocycles. The molecule has 0 amide bonds. The van der Waals surface area contributed by atoms with Gasteiger partial charge >= 0.3 is 0 Å². The standard InChI is InChI=1S/C17H20F2N2/c1-3-10-20-17(16-9-4-6-12(2)21-16)11-13-14(18)7-5-8-15(13)19/h4-9,17,20H,3,10-11H2,1-2H3. The molecule has 0 fully saturated rings. The van der Waals surface area contributed by atoms with Crippen molar-refractivity contribution in [1.82, 2.24) is 10.3 Å². The molecule has 0 saturated heterocycles. The number of aryl methyl sites for hydroxylation is 1. The highest BCUT2D eigenvalue weighted by atomic mass is 19.1. The number of hydrogen-bond acceptors (Lipinski definition) is 2. The maximum absolute atomic E-state index is 13.8. The Hall–Kier alpha value is -1.81. The maximum atomic E-state index is 13.8. The van der Waals surface area contributed by atoms with Crippen LogP contribution in [0.4, 0.5) is 8.78 Å². The SMILES string of the molecule is CCCNC(Cc1c(F)cccc1F)c1cccc(C)n1. The average Bonchev–Trinajstić information content (AvgIpc) is 2.46. The molecule has 1 aromatic carbocycles. The number of nitrogens with zero attached hydrogens (tertiary/aromatic N) is 1. The van der Waals surface area contributed by atoms with E-state index >= 15 is 0 Å². The Labute approximate surface area is 124 Å². The predicted molar refractivity (Wildman–Crippen MR) is 80.1 cm³/mol. The van der Waals surface area contributed by atoms with Gasteiger partial charge in [-0.1, -0.05) is 19.1 Å². The number of rotatable bonds is 6. The largest absolute Gasteiger partial charge is 0.308 e. The summed E-state index contributed by atoms with van der Waals surface area (Å²) in [6, 6.07) is 9.47. The zero-order chi connectivity index (χ0) is 15.2. The third-order valence-electron chi connectivity index (χ3n) is 3.38. The molecule has 0 bridgehead atoms. The zero-order valence-corrected chi connectivity index (χ0v) is 12.4. The summed E-state index contributed by atoms with van der Waals surface area (Å²) in [5.74, 6) is -1.02. The van der Waals surface area contributed by atoms with Crippen LogP contribution in [0.25, 0.3) is 0 Å². The van der Waals surface area contributed by atoms with E-state index in [0.717, 1.165) is 24.4 Å². The van der Waals surface area contributed by atoms with E-state index < -0.39 is 11.6 Å². The van der Waals surface area contributed by atoms with Crippen LogP contribution in [0.3, 0.4) is 0 Å². The van der Waals surface area contributed by atoms with E-state index in [1.54, 1.807) is 0 Å². The molecule has 0 spiro atoms. The van der Waals surface area contributed by atoms with Gasteiger partial charge in [0, 0.05) is 11.3 Å². The zero-order valence-electron chi connectivity index (χ0n) is 12.4. The van der Waals surface area contributed by atoms with Crippen LogP contribution in [0.5, 0.6) is 0 Å². The van der Waals surface area contributed by atoms with Gasteiger partial charge in [0.25, 0.3) is 0 Å². The molecule has 0 saturated carbocycles. The summed E-state index contributed by atoms with van der Waals surface area (Å²) in [4.78, 5) is 4.47. The van der Waals surface area contributed by atoms with Crippen LogP contribution in [-0.4, -0.2) is 11.5 Å². The van der Waals surface area contributed by atoms with Crippen molar-refractivity contribution < 1.29 is 8.78 Å². The number of benzene rings is 1. The quantitative estimate of drug-likeness (QED) is 0.871. The van der Waals surface area contributed by atoms with Crippen LogP contribution < -0.4 is 5.32 Å². The Morgan fingerprint density at radius 1 is 1.10 bits per heavy atom. The van der Waals surface area contributed by atoms with Gasteiger partial charge in [-0.3, -0.25) is 4.98 Å². The number of aromatic nitrogens is 1. The molecular formula is C17H20F2N2. The molecule has 0 aliphatic heterocycles. The van der Waals surface area contributed by atoms with Crippen molar-refractivity contribution in [3.8, 4) is 0 Å². The Kier molecular flexibility index (Phi) is 5.39. The number of pyridine rings is 1. The Morgan fingerprint density at radius 3 is 2.38 bits per heavy atom. The van der Waals surface area contributed by atoms with E-state index in [0.29, 0.717) is 0 Å². The van der Waals surface area contributed by atoms with E-state index in [4.69, 9.17) is 0 Å². The van der Waals surface area contributed by atoms with Crippen molar-refractivity contribution in [3.05, 3.63) is 65.0 Å². The third kappa shape index (κ3) is 4.08. The van der Waals surface area contributed by atoms with Crippen LogP contribution in [0.2, 0.25) is 0 Å². The lowest BCUT2D eigenvalue weighted by atomic mass is 10.0. The minimum absolute atomic E-state index is 0.106. The summed E-state index contributed by atoms with van der Waals surface area (Å²) >= 11 is 0. The number of nitrogens with one attached hydrogen (secondary N) is 1. The van der Waals surface area contributed by atoms with Gasteiger partial charge in [0.1, 0.15) is 11.6 Å². The first-order valence-corrected chi connectivity index (χ1v) is 7.21. The fraction of sp³-hybridized carbons (Fsp3) is 0.353. The first-order valence-electron chi connectivity index (χ1n) is 7.21. The Bertz CT molecular complexity index is 579. The van der Waals surface area contributed by atoms with E-state index in [9.17, 15) is 8.78 Å². The lowest BCUT2D eigenvalue weighted by Gasteiger charge is -2.19. The highest BCUT2D eigenvalue weighted by Crippen LogP contribution is 2.21. The fourth-order valence-electron chi connectivity index (χ4n) is 2.29. The summed E-state index contributed by atoms with van der Waals surface area (Å²) in [5.41, 5.74) is 1.81. The Morgan fingerprint density at radius 2 is 1.76 bits per heavy atom. The molecular weight excluding hydrogens is 270 g/mol. The van der Waals surface area contributed by atoms with Gasteiger partial charge in [0.15, 0.2) is 0 Å². The molecule has 4 heteroatoms. The molecule has 1 N–H and O–H groups in total. The molecule has 0 radical (unpaired) electrons. The summed E-state index contributed by atoms with van der Waals surface area (Å²) in [6.07, 6.45) is 1.19. The van der Waals surface area contributed by atoms with E-state index in [1.807, 2.05) is 25.1 Å². The second kappa shape index (κ2) is 7.27. The molecule has 21 heavy (non-hydrogen) atoms. The molecule has 0 aliphatic rings. The fourth-order valence-corrected chi connectivity index (χ4v) is 2.29. The van der Waals surface area contributed by atoms with Crippen LogP contribution in [0, 0.1) is 18.6 Å². The lowest BCUT2D eigenvalue weighted by molar-refractivity contribution is 0.482. The monoisotopic (exact) mass is 290 g/mol. The van der Waals surface area contributed by atoms with E-state index in [2.05, 4.69) is 17.2 Å². The van der Waals surface area contributed by atoms with Crippen LogP contribution in [0.1, 0.15) is 36.3 Å². The predicted octanol–water partition coefficient (Wildman–Crippen LogP) is 3.95. The first-order chi connectivity index (χ1) is 10.1. The summed E-state index contributed by atoms with van der Waals surface area (Å²) in [6.45, 7) is 4.73. The van der Waals surface area contributed by atoms with Gasteiger partial charge in [0.2, 0.25) is 0 Å². The minimum atomic E-state index is -0.508. The second-order valence-corrected chi connectivity index (χ2v) is 5.11. The smallest absolute Gasteiger partial charge is 0.129 e. The minimum Gasteiger partial charge on any atom is -0.308 e. The van der Waals surface area contributed by atoms with Gasteiger partial charge in [-0.15, -0.1) is 0 Å². The van der Waals surface area contributed by atoms with Gasteiger partial charge in [-0.05, 0) is 50.6 Å². The molecule has 2 rings (SSSR count). The highest BCUT2D eigenvalue weighted by molar-refractivity contribution is 5.23. The molecule has 1 heterocycles. The van der Waals surface area contributed by atoms with Crippen molar-refractivity contribution in [3.63, 3.8) is 0 Å². The topological polar surface area (TPSA) is 24.9 Å². The van der Waals surface area contributed by atoms with Crippen molar-refractivity contribution in [2.75, 3.05) is 6.54 Å². The van der Waals surface area contributed by atoms with Gasteiger partial charge in [-0.2, -0.15) is 0 Å². The third-order valence-corrected chi connectivity index (χ3v) is 3.38. The number of halogens is 2. The van der Waals surface area contributed by atoms with Gasteiger partial charge < -0.3 is 5.32 Å². The van der Waals surface area contributed by atoms with Gasteiger partial charge in [-0.25, -0.2) is 8.78 Å². The number of hydrogen-bond donors (Lipinski definition) is 1. The van der Waals surface area contributed by atoms with E-state index in [1.165, 1.54) is 18.2 Å². The second-order valence-electron chi connectivity index (χ2n) is 5.11. The normalized spacial score (nSPS) is 12.4. The highest BCUT2D eigenvalue weighted by Gasteiger charge is 2.18. The summed E-state index contributed by atoms with van der Waals surface area (Å²) < 4.78 is 27.7. The average molecular weight is 290 g/mol. The van der Waals surface area contributed by atoms with Crippen molar-refractivity contribution >= 4 is 0 Å². The first kappa shape index (κ1) is 15.6. The molecule has 1 aromatic heterocycles. The molecule has 112 valence electrons. The van der Waals surface area contributed by atoms with E-state index in [-0.39, 0.29) is 18.0 Å². The molecule has 2 aromatic rings. The molecule has 1 unspecified atom stereocenters. The van der Waals surface area contributed by atoms with Crippen LogP contribution >= 0.6 is 0 Å². The van der Waals surface area contributed by atoms with Gasteiger partial charge in [0.05, 0.1) is 11.7 Å². The molecule has 1 atom stereocenters. The molecule has 2 nitrogen and oxygen atoms in total.